The van der Waals surface area contributed by atoms with Gasteiger partial charge in [-0.05, 0) is 63.5 Å². The molecule has 2 fully saturated rings. The number of piperidine rings is 1. The molecule has 4 aliphatic rings. The number of aromatic nitrogens is 2. The van der Waals surface area contributed by atoms with E-state index in [2.05, 4.69) is 0 Å². The molecule has 1 N–H and O–H groups in total. The first-order valence-electron chi connectivity index (χ1n) is 14.7. The molecular formula is C31H34N4O6S2. The molecule has 0 radical (unpaired) electrons. The number of cyclic esters (lactones) is 1. The smallest absolute Gasteiger partial charge is 0.415 e. The molecular weight excluding hydrogens is 588 g/mol. The average Bonchev–Trinajstić information content (AvgIpc) is 3.37. The predicted molar refractivity (Wildman–Crippen MR) is 166 cm³/mol. The van der Waals surface area contributed by atoms with Gasteiger partial charge in [-0.1, -0.05) is 28.5 Å². The summed E-state index contributed by atoms with van der Waals surface area (Å²) in [5.41, 5.74) is 2.03. The van der Waals surface area contributed by atoms with E-state index in [1.807, 2.05) is 63.7 Å². The summed E-state index contributed by atoms with van der Waals surface area (Å²) in [7, 11) is 7.66. The topological polar surface area (TPSA) is 114 Å². The second kappa shape index (κ2) is 10.8. The summed E-state index contributed by atoms with van der Waals surface area (Å²) in [5.74, 6) is 2.26. The molecule has 2 aromatic heterocycles. The molecule has 0 bridgehead atoms. The quantitative estimate of drug-likeness (QED) is 0.263. The average molecular weight is 623 g/mol. The van der Waals surface area contributed by atoms with Gasteiger partial charge in [0, 0.05) is 52.7 Å². The number of ether oxygens (including phenoxy) is 2. The van der Waals surface area contributed by atoms with E-state index < -0.39 is 11.6 Å². The molecule has 43 heavy (non-hydrogen) atoms. The van der Waals surface area contributed by atoms with Crippen LogP contribution in [-0.2, 0) is 34.8 Å². The second-order valence-corrected chi connectivity index (χ2v) is 14.6. The Balaban J connectivity index is 1.28. The monoisotopic (exact) mass is 622 g/mol. The van der Waals surface area contributed by atoms with Gasteiger partial charge >= 0.3 is 12.1 Å². The number of nitrogens with zero attached hydrogens (tertiary/aromatic N) is 4. The minimum Gasteiger partial charge on any atom is -0.458 e. The Morgan fingerprint density at radius 1 is 1.23 bits per heavy atom. The van der Waals surface area contributed by atoms with Gasteiger partial charge in [-0.25, -0.2) is 14.6 Å². The fourth-order valence-corrected chi connectivity index (χ4v) is 9.72. The maximum atomic E-state index is 13.6. The number of pyridine rings is 2. The van der Waals surface area contributed by atoms with Crippen molar-refractivity contribution < 1.29 is 24.2 Å². The summed E-state index contributed by atoms with van der Waals surface area (Å²) in [6.07, 6.45) is 1.92. The summed E-state index contributed by atoms with van der Waals surface area (Å²) >= 11 is 0. The first-order chi connectivity index (χ1) is 20.7. The molecule has 0 spiro atoms. The minimum atomic E-state index is -1.87. The van der Waals surface area contributed by atoms with Gasteiger partial charge in [0.25, 0.3) is 5.56 Å². The summed E-state index contributed by atoms with van der Waals surface area (Å²) in [6, 6.07) is 7.60. The predicted octanol–water partition coefficient (Wildman–Crippen LogP) is 4.12. The Morgan fingerprint density at radius 3 is 2.84 bits per heavy atom. The minimum absolute atomic E-state index is 0.0890. The zero-order chi connectivity index (χ0) is 30.0. The van der Waals surface area contributed by atoms with E-state index >= 15 is 0 Å². The Kier molecular flexibility index (Phi) is 7.23. The Hall–Kier alpha value is -3.06. The number of hydrogen-bond acceptors (Lipinski definition) is 10. The van der Waals surface area contributed by atoms with Crippen molar-refractivity contribution in [2.75, 3.05) is 32.1 Å². The van der Waals surface area contributed by atoms with Crippen LogP contribution in [0.3, 0.4) is 0 Å². The van der Waals surface area contributed by atoms with Gasteiger partial charge in [0.2, 0.25) is 0 Å². The van der Waals surface area contributed by atoms with Gasteiger partial charge in [-0.15, -0.1) is 0 Å². The van der Waals surface area contributed by atoms with E-state index in [-0.39, 0.29) is 30.7 Å². The summed E-state index contributed by atoms with van der Waals surface area (Å²) in [5, 5.41) is 12.0. The largest absolute Gasteiger partial charge is 0.458 e. The molecule has 0 aliphatic carbocycles. The lowest BCUT2D eigenvalue weighted by Crippen LogP contribution is -2.52. The van der Waals surface area contributed by atoms with E-state index in [1.54, 1.807) is 17.6 Å². The molecule has 6 heterocycles. The maximum Gasteiger partial charge on any atom is 0.415 e. The molecule has 1 aromatic carbocycles. The Bertz CT molecular complexity index is 1720. The molecule has 3 aromatic rings. The summed E-state index contributed by atoms with van der Waals surface area (Å²) in [4.78, 5) is 48.6. The van der Waals surface area contributed by atoms with Crippen molar-refractivity contribution in [1.29, 1.82) is 0 Å². The zero-order valence-electron chi connectivity index (χ0n) is 24.4. The van der Waals surface area contributed by atoms with Crippen molar-refractivity contribution in [1.82, 2.24) is 19.4 Å². The lowest BCUT2D eigenvalue weighted by molar-refractivity contribution is -0.172. The van der Waals surface area contributed by atoms with E-state index in [9.17, 15) is 19.5 Å². The first-order valence-corrected chi connectivity index (χ1v) is 17.2. The molecule has 0 unspecified atom stereocenters. The van der Waals surface area contributed by atoms with Crippen molar-refractivity contribution >= 4 is 44.6 Å². The van der Waals surface area contributed by atoms with E-state index in [1.165, 1.54) is 0 Å². The number of aliphatic hydroxyl groups is 1. The van der Waals surface area contributed by atoms with E-state index in [0.29, 0.717) is 59.3 Å². The van der Waals surface area contributed by atoms with E-state index in [0.717, 1.165) is 40.9 Å². The number of benzene rings is 1. The molecule has 10 nitrogen and oxygen atoms in total. The highest BCUT2D eigenvalue weighted by molar-refractivity contribution is 8.76. The number of likely N-dealkylation sites (tertiary alicyclic amines) is 1. The lowest BCUT2D eigenvalue weighted by Gasteiger charge is -2.42. The number of amides is 1. The third-order valence-corrected chi connectivity index (χ3v) is 11.7. The van der Waals surface area contributed by atoms with Crippen LogP contribution in [0.15, 0.2) is 29.1 Å². The molecule has 1 amide bonds. The molecule has 4 aliphatic heterocycles. The normalized spacial score (nSPS) is 24.3. The fourth-order valence-electron chi connectivity index (χ4n) is 6.86. The number of carbonyl (C=O) groups is 2. The van der Waals surface area contributed by atoms with Crippen molar-refractivity contribution in [2.24, 2.45) is 5.92 Å². The number of fused-ring (bicyclic) bond motifs is 6. The van der Waals surface area contributed by atoms with Gasteiger partial charge in [0.1, 0.15) is 12.4 Å². The standard InChI is InChI=1S/C31H34N4O6S2/c1-4-31(39)22-11-24-27-18(12-35(24)28(36)21(22)14-40-29(31)37)10-19-20(13-33(2)3)26(8-7-23(19)32-27)41-30(38)34-9-5-6-17-15-42-43-16-25(17)34/h7-8,10-11,17,25,39H,4-6,9,12-16H2,1-3H3/t17-,25-,31-/m1/s1. The number of hydrogen-bond donors (Lipinski definition) is 1. The number of carbonyl (C=O) groups excluding carboxylic acids is 2. The number of rotatable bonds is 4. The van der Waals surface area contributed by atoms with Crippen molar-refractivity contribution in [2.45, 2.75) is 57.5 Å². The van der Waals surface area contributed by atoms with Gasteiger partial charge < -0.3 is 28.9 Å². The van der Waals surface area contributed by atoms with Crippen LogP contribution in [0.25, 0.3) is 22.3 Å². The van der Waals surface area contributed by atoms with Crippen LogP contribution in [-0.4, -0.2) is 74.7 Å². The first kappa shape index (κ1) is 28.7. The molecule has 3 atom stereocenters. The van der Waals surface area contributed by atoms with E-state index in [4.69, 9.17) is 14.5 Å². The van der Waals surface area contributed by atoms with Crippen molar-refractivity contribution in [3.8, 4) is 17.1 Å². The van der Waals surface area contributed by atoms with Crippen LogP contribution >= 0.6 is 21.6 Å². The number of esters is 1. The van der Waals surface area contributed by atoms with Crippen LogP contribution < -0.4 is 10.3 Å². The van der Waals surface area contributed by atoms with Gasteiger partial charge in [-0.2, -0.15) is 0 Å². The fraction of sp³-hybridized carbons (Fsp3) is 0.484. The Labute approximate surface area is 257 Å². The third-order valence-electron chi connectivity index (χ3n) is 9.19. The van der Waals surface area contributed by atoms with Crippen LogP contribution in [0.4, 0.5) is 4.79 Å². The van der Waals surface area contributed by atoms with Crippen LogP contribution in [0.2, 0.25) is 0 Å². The SMILES string of the molecule is CC[C@]1(O)C(=O)OCc2c1cc1n(c2=O)Cc2cc3c(CN(C)C)c(OC(=O)N4CCC[C@@H]5CSSC[C@H]54)ccc3nc2-1. The maximum absolute atomic E-state index is 13.6. The van der Waals surface area contributed by atoms with Gasteiger partial charge in [0.15, 0.2) is 5.60 Å². The van der Waals surface area contributed by atoms with Crippen molar-refractivity contribution in [3.05, 3.63) is 56.9 Å². The molecule has 226 valence electrons. The lowest BCUT2D eigenvalue weighted by atomic mass is 9.86. The summed E-state index contributed by atoms with van der Waals surface area (Å²) < 4.78 is 13.0. The van der Waals surface area contributed by atoms with Crippen LogP contribution in [0, 0.1) is 5.92 Å². The summed E-state index contributed by atoms with van der Waals surface area (Å²) in [6.45, 7) is 3.06. The highest BCUT2D eigenvalue weighted by Gasteiger charge is 2.45. The highest BCUT2D eigenvalue weighted by Crippen LogP contribution is 2.42. The molecule has 0 saturated carbocycles. The van der Waals surface area contributed by atoms with Crippen molar-refractivity contribution in [3.63, 3.8) is 0 Å². The molecule has 12 heteroatoms. The van der Waals surface area contributed by atoms with Crippen LogP contribution in [0.1, 0.15) is 48.4 Å². The molecule has 2 saturated heterocycles. The molecule has 7 rings (SSSR count). The van der Waals surface area contributed by atoms with Gasteiger partial charge in [-0.3, -0.25) is 4.79 Å². The zero-order valence-corrected chi connectivity index (χ0v) is 26.1. The highest BCUT2D eigenvalue weighted by atomic mass is 33.1. The Morgan fingerprint density at radius 2 is 2.05 bits per heavy atom. The third kappa shape index (κ3) is 4.65. The second-order valence-electron chi connectivity index (χ2n) is 12.0. The van der Waals surface area contributed by atoms with Gasteiger partial charge in [0.05, 0.1) is 29.0 Å². The van der Waals surface area contributed by atoms with Crippen LogP contribution in [0.5, 0.6) is 5.75 Å².